The highest BCUT2D eigenvalue weighted by atomic mass is 16.5. The van der Waals surface area contributed by atoms with Gasteiger partial charge in [-0.05, 0) is 43.5 Å². The first-order chi connectivity index (χ1) is 9.45. The minimum Gasteiger partial charge on any atom is -0.383 e. The van der Waals surface area contributed by atoms with Crippen molar-refractivity contribution in [2.24, 2.45) is 5.92 Å². The molecular weight excluding hydrogens is 250 g/mol. The smallest absolute Gasteiger partial charge is 0.131 e. The highest BCUT2D eigenvalue weighted by Crippen LogP contribution is 2.18. The van der Waals surface area contributed by atoms with Gasteiger partial charge in [-0.15, -0.1) is 0 Å². The van der Waals surface area contributed by atoms with Crippen molar-refractivity contribution in [1.82, 2.24) is 10.3 Å². The number of anilines is 1. The van der Waals surface area contributed by atoms with Gasteiger partial charge in [-0.25, -0.2) is 4.98 Å². The summed E-state index contributed by atoms with van der Waals surface area (Å²) in [5.74, 6) is 1.70. The van der Waals surface area contributed by atoms with E-state index in [0.717, 1.165) is 18.9 Å². The number of methoxy groups -OCH3 is 1. The monoisotopic (exact) mass is 279 g/mol. The molecule has 0 aliphatic carbocycles. The molecule has 1 aromatic rings. The maximum atomic E-state index is 5.21. The fourth-order valence-electron chi connectivity index (χ4n) is 2.16. The summed E-state index contributed by atoms with van der Waals surface area (Å²) in [4.78, 5) is 6.78. The minimum absolute atomic E-state index is 0.316. The Morgan fingerprint density at radius 1 is 1.35 bits per heavy atom. The SMILES string of the molecule is COCC(C)N(C)c1ncc(CNCC(C)C)cc1C. The lowest BCUT2D eigenvalue weighted by atomic mass is 10.1. The lowest BCUT2D eigenvalue weighted by Crippen LogP contribution is -2.33. The van der Waals surface area contributed by atoms with Crippen molar-refractivity contribution in [3.8, 4) is 0 Å². The number of hydrogen-bond donors (Lipinski definition) is 1. The van der Waals surface area contributed by atoms with E-state index in [2.05, 4.69) is 56.0 Å². The number of aryl methyl sites for hydroxylation is 1. The molecule has 114 valence electrons. The van der Waals surface area contributed by atoms with Crippen LogP contribution in [0.25, 0.3) is 0 Å². The molecule has 0 aromatic carbocycles. The average molecular weight is 279 g/mol. The van der Waals surface area contributed by atoms with Crippen LogP contribution in [-0.2, 0) is 11.3 Å². The van der Waals surface area contributed by atoms with Gasteiger partial charge in [0.25, 0.3) is 0 Å². The van der Waals surface area contributed by atoms with Crippen LogP contribution in [0.15, 0.2) is 12.3 Å². The molecule has 0 fully saturated rings. The van der Waals surface area contributed by atoms with Gasteiger partial charge in [0, 0.05) is 26.9 Å². The van der Waals surface area contributed by atoms with Crippen LogP contribution in [0, 0.1) is 12.8 Å². The standard InChI is InChI=1S/C16H29N3O/c1-12(2)8-17-9-15-7-13(3)16(18-10-15)19(5)14(4)11-20-6/h7,10,12,14,17H,8-9,11H2,1-6H3. The van der Waals surface area contributed by atoms with Gasteiger partial charge in [-0.1, -0.05) is 13.8 Å². The first-order valence-electron chi connectivity index (χ1n) is 7.33. The van der Waals surface area contributed by atoms with Crippen LogP contribution in [0.3, 0.4) is 0 Å². The molecule has 1 N–H and O–H groups in total. The van der Waals surface area contributed by atoms with E-state index in [0.29, 0.717) is 18.6 Å². The number of nitrogens with zero attached hydrogens (tertiary/aromatic N) is 2. The summed E-state index contributed by atoms with van der Waals surface area (Å²) >= 11 is 0. The Bertz CT molecular complexity index is 407. The van der Waals surface area contributed by atoms with Gasteiger partial charge < -0.3 is 15.0 Å². The highest BCUT2D eigenvalue weighted by molar-refractivity contribution is 5.47. The number of rotatable bonds is 8. The predicted molar refractivity (Wildman–Crippen MR) is 85.3 cm³/mol. The normalized spacial score (nSPS) is 12.8. The molecule has 0 amide bonds. The van der Waals surface area contributed by atoms with E-state index in [4.69, 9.17) is 4.74 Å². The topological polar surface area (TPSA) is 37.4 Å². The second-order valence-corrected chi connectivity index (χ2v) is 5.92. The second kappa shape index (κ2) is 8.22. The molecular formula is C16H29N3O. The van der Waals surface area contributed by atoms with E-state index in [1.54, 1.807) is 7.11 Å². The van der Waals surface area contributed by atoms with Crippen molar-refractivity contribution in [2.45, 2.75) is 40.3 Å². The quantitative estimate of drug-likeness (QED) is 0.794. The van der Waals surface area contributed by atoms with Gasteiger partial charge in [-0.2, -0.15) is 0 Å². The van der Waals surface area contributed by atoms with Gasteiger partial charge in [0.15, 0.2) is 0 Å². The van der Waals surface area contributed by atoms with Gasteiger partial charge in [-0.3, -0.25) is 0 Å². The van der Waals surface area contributed by atoms with E-state index < -0.39 is 0 Å². The number of likely N-dealkylation sites (N-methyl/N-ethyl adjacent to an activating group) is 1. The third-order valence-electron chi connectivity index (χ3n) is 3.39. The molecule has 1 heterocycles. The summed E-state index contributed by atoms with van der Waals surface area (Å²) in [6.45, 7) is 11.3. The lowest BCUT2D eigenvalue weighted by molar-refractivity contribution is 0.183. The molecule has 0 aliphatic rings. The molecule has 1 aromatic heterocycles. The zero-order chi connectivity index (χ0) is 15.1. The molecule has 0 aliphatic heterocycles. The molecule has 0 saturated carbocycles. The van der Waals surface area contributed by atoms with Crippen LogP contribution in [0.1, 0.15) is 31.9 Å². The van der Waals surface area contributed by atoms with Crippen molar-refractivity contribution in [3.63, 3.8) is 0 Å². The Labute approximate surface area is 123 Å². The van der Waals surface area contributed by atoms with E-state index in [1.807, 2.05) is 6.20 Å². The maximum absolute atomic E-state index is 5.21. The largest absolute Gasteiger partial charge is 0.383 e. The van der Waals surface area contributed by atoms with Crippen LogP contribution in [0.5, 0.6) is 0 Å². The van der Waals surface area contributed by atoms with Gasteiger partial charge in [0.1, 0.15) is 5.82 Å². The van der Waals surface area contributed by atoms with Crippen molar-refractivity contribution >= 4 is 5.82 Å². The van der Waals surface area contributed by atoms with Crippen molar-refractivity contribution in [2.75, 3.05) is 32.2 Å². The third-order valence-corrected chi connectivity index (χ3v) is 3.39. The Kier molecular flexibility index (Phi) is 6.96. The molecule has 0 spiro atoms. The number of ether oxygens (including phenoxy) is 1. The van der Waals surface area contributed by atoms with Gasteiger partial charge in [0.05, 0.1) is 12.6 Å². The number of aromatic nitrogens is 1. The maximum Gasteiger partial charge on any atom is 0.131 e. The summed E-state index contributed by atoms with van der Waals surface area (Å²) in [5, 5.41) is 3.45. The molecule has 4 heteroatoms. The van der Waals surface area contributed by atoms with Crippen LogP contribution in [0.2, 0.25) is 0 Å². The van der Waals surface area contributed by atoms with Crippen LogP contribution in [-0.4, -0.2) is 38.3 Å². The Hall–Kier alpha value is -1.13. The summed E-state index contributed by atoms with van der Waals surface area (Å²) in [7, 11) is 3.80. The Morgan fingerprint density at radius 3 is 2.60 bits per heavy atom. The molecule has 0 saturated heterocycles. The van der Waals surface area contributed by atoms with Crippen LogP contribution < -0.4 is 10.2 Å². The van der Waals surface area contributed by atoms with Gasteiger partial charge in [0.2, 0.25) is 0 Å². The zero-order valence-corrected chi connectivity index (χ0v) is 13.7. The third kappa shape index (κ3) is 5.10. The fraction of sp³-hybridized carbons (Fsp3) is 0.688. The number of pyridine rings is 1. The average Bonchev–Trinajstić information content (AvgIpc) is 2.38. The molecule has 4 nitrogen and oxygen atoms in total. The van der Waals surface area contributed by atoms with Crippen LogP contribution in [0.4, 0.5) is 5.82 Å². The predicted octanol–water partition coefficient (Wildman–Crippen LogP) is 2.61. The van der Waals surface area contributed by atoms with Crippen molar-refractivity contribution in [1.29, 1.82) is 0 Å². The molecule has 0 bridgehead atoms. The number of hydrogen-bond acceptors (Lipinski definition) is 4. The van der Waals surface area contributed by atoms with Crippen molar-refractivity contribution in [3.05, 3.63) is 23.4 Å². The molecule has 0 radical (unpaired) electrons. The molecule has 1 unspecified atom stereocenters. The summed E-state index contributed by atoms with van der Waals surface area (Å²) in [6, 6.07) is 2.53. The Morgan fingerprint density at radius 2 is 2.05 bits per heavy atom. The first kappa shape index (κ1) is 16.9. The minimum atomic E-state index is 0.316. The molecule has 20 heavy (non-hydrogen) atoms. The fourth-order valence-corrected chi connectivity index (χ4v) is 2.16. The van der Waals surface area contributed by atoms with Crippen LogP contribution >= 0.6 is 0 Å². The summed E-state index contributed by atoms with van der Waals surface area (Å²) in [6.07, 6.45) is 1.96. The van der Waals surface area contributed by atoms with E-state index in [-0.39, 0.29) is 0 Å². The van der Waals surface area contributed by atoms with Crippen molar-refractivity contribution < 1.29 is 4.74 Å². The summed E-state index contributed by atoms with van der Waals surface area (Å²) < 4.78 is 5.21. The van der Waals surface area contributed by atoms with E-state index >= 15 is 0 Å². The highest BCUT2D eigenvalue weighted by Gasteiger charge is 2.13. The zero-order valence-electron chi connectivity index (χ0n) is 13.7. The number of nitrogens with one attached hydrogen (secondary N) is 1. The molecule has 1 rings (SSSR count). The lowest BCUT2D eigenvalue weighted by Gasteiger charge is -2.27. The molecule has 1 atom stereocenters. The Balaban J connectivity index is 2.67. The van der Waals surface area contributed by atoms with E-state index in [1.165, 1.54) is 11.1 Å². The second-order valence-electron chi connectivity index (χ2n) is 5.92. The van der Waals surface area contributed by atoms with E-state index in [9.17, 15) is 0 Å². The van der Waals surface area contributed by atoms with Gasteiger partial charge >= 0.3 is 0 Å². The first-order valence-corrected chi connectivity index (χ1v) is 7.33. The summed E-state index contributed by atoms with van der Waals surface area (Å²) in [5.41, 5.74) is 2.44.